The van der Waals surface area contributed by atoms with Crippen LogP contribution in [0.2, 0.25) is 5.02 Å². The number of hydrogen-bond donors (Lipinski definition) is 3. The Bertz CT molecular complexity index is 782. The molecule has 1 aromatic heterocycles. The van der Waals surface area contributed by atoms with E-state index in [1.54, 1.807) is 24.3 Å². The number of nitro groups is 1. The largest absolute Gasteiger partial charge is 0.378 e. The van der Waals surface area contributed by atoms with Crippen LogP contribution in [0.4, 0.5) is 29.0 Å². The predicted octanol–water partition coefficient (Wildman–Crippen LogP) is 2.95. The zero-order valence-electron chi connectivity index (χ0n) is 13.2. The average Bonchev–Trinajstić information content (AvgIpc) is 3.05. The highest BCUT2D eigenvalue weighted by Crippen LogP contribution is 2.32. The minimum atomic E-state index is -0.619. The van der Waals surface area contributed by atoms with E-state index in [1.807, 2.05) is 0 Å². The first kappa shape index (κ1) is 17.2. The van der Waals surface area contributed by atoms with Crippen molar-refractivity contribution in [2.75, 3.05) is 29.5 Å². The lowest BCUT2D eigenvalue weighted by Crippen LogP contribution is -2.20. The molecule has 0 radical (unpaired) electrons. The summed E-state index contributed by atoms with van der Waals surface area (Å²) in [4.78, 5) is 18.9. The highest BCUT2D eigenvalue weighted by molar-refractivity contribution is 6.30. The van der Waals surface area contributed by atoms with Gasteiger partial charge in [-0.3, -0.25) is 10.1 Å². The van der Waals surface area contributed by atoms with Gasteiger partial charge in [0.05, 0.1) is 11.0 Å². The summed E-state index contributed by atoms with van der Waals surface area (Å²) in [6, 6.07) is 6.76. The molecule has 0 bridgehead atoms. The Morgan fingerprint density at radius 3 is 2.96 bits per heavy atom. The van der Waals surface area contributed by atoms with Crippen molar-refractivity contribution in [2.45, 2.75) is 18.9 Å². The Morgan fingerprint density at radius 2 is 2.28 bits per heavy atom. The number of rotatable bonds is 6. The van der Waals surface area contributed by atoms with Gasteiger partial charge >= 0.3 is 5.69 Å². The van der Waals surface area contributed by atoms with Gasteiger partial charge in [-0.2, -0.15) is 9.97 Å². The number of nitrogens with zero attached hydrogens (tertiary/aromatic N) is 3. The van der Waals surface area contributed by atoms with E-state index in [0.717, 1.165) is 19.4 Å². The van der Waals surface area contributed by atoms with Crippen LogP contribution in [0.15, 0.2) is 24.3 Å². The van der Waals surface area contributed by atoms with Gasteiger partial charge in [0.25, 0.3) is 0 Å². The van der Waals surface area contributed by atoms with Crippen molar-refractivity contribution in [1.29, 1.82) is 0 Å². The first-order valence-electron chi connectivity index (χ1n) is 7.73. The molecule has 1 fully saturated rings. The zero-order chi connectivity index (χ0) is 17.8. The molecule has 4 N–H and O–H groups in total. The number of benzene rings is 1. The molecule has 0 spiro atoms. The standard InChI is InChI=1S/C15H17ClN6O3/c16-9-3-1-4-10(7-9)19-14-12(22(23)24)13(17)20-15(21-14)18-8-11-5-2-6-25-11/h1,3-4,7,11H,2,5-6,8H2,(H4,17,18,19,20,21)/t11-/m1/s1. The maximum Gasteiger partial charge on any atom is 0.353 e. The first-order valence-corrected chi connectivity index (χ1v) is 8.10. The number of halogens is 1. The molecular weight excluding hydrogens is 348 g/mol. The van der Waals surface area contributed by atoms with Crippen LogP contribution in [-0.2, 0) is 4.74 Å². The van der Waals surface area contributed by atoms with Crippen molar-refractivity contribution in [2.24, 2.45) is 0 Å². The van der Waals surface area contributed by atoms with Crippen LogP contribution in [0.1, 0.15) is 12.8 Å². The predicted molar refractivity (Wildman–Crippen MR) is 95.3 cm³/mol. The van der Waals surface area contributed by atoms with Crippen LogP contribution >= 0.6 is 11.6 Å². The quantitative estimate of drug-likeness (QED) is 0.527. The highest BCUT2D eigenvalue weighted by atomic mass is 35.5. The Morgan fingerprint density at radius 1 is 1.44 bits per heavy atom. The maximum absolute atomic E-state index is 11.3. The smallest absolute Gasteiger partial charge is 0.353 e. The summed E-state index contributed by atoms with van der Waals surface area (Å²) in [5.41, 5.74) is 5.93. The van der Waals surface area contributed by atoms with Crippen LogP contribution in [0.5, 0.6) is 0 Å². The fourth-order valence-electron chi connectivity index (χ4n) is 2.53. The van der Waals surface area contributed by atoms with E-state index in [9.17, 15) is 10.1 Å². The topological polar surface area (TPSA) is 128 Å². The van der Waals surface area contributed by atoms with E-state index in [4.69, 9.17) is 22.1 Å². The molecule has 2 aromatic rings. The summed E-state index contributed by atoms with van der Waals surface area (Å²) in [6.45, 7) is 1.24. The van der Waals surface area contributed by atoms with Crippen LogP contribution < -0.4 is 16.4 Å². The minimum absolute atomic E-state index is 0.00499. The number of nitrogens with two attached hydrogens (primary N) is 1. The second-order valence-electron chi connectivity index (χ2n) is 5.54. The minimum Gasteiger partial charge on any atom is -0.378 e. The fourth-order valence-corrected chi connectivity index (χ4v) is 2.72. The third kappa shape index (κ3) is 4.25. The van der Waals surface area contributed by atoms with Gasteiger partial charge in [-0.15, -0.1) is 0 Å². The van der Waals surface area contributed by atoms with Crippen molar-refractivity contribution in [3.63, 3.8) is 0 Å². The molecule has 0 aliphatic carbocycles. The number of anilines is 4. The van der Waals surface area contributed by atoms with E-state index < -0.39 is 4.92 Å². The molecule has 2 heterocycles. The van der Waals surface area contributed by atoms with Gasteiger partial charge in [-0.25, -0.2) is 0 Å². The SMILES string of the molecule is Nc1nc(NC[C@H]2CCCO2)nc(Nc2cccc(Cl)c2)c1[N+](=O)[O-]. The van der Waals surface area contributed by atoms with Crippen LogP contribution in [-0.4, -0.2) is 34.1 Å². The number of nitrogens with one attached hydrogen (secondary N) is 2. The van der Waals surface area contributed by atoms with Gasteiger partial charge in [0.2, 0.25) is 17.6 Å². The molecule has 0 saturated carbocycles. The van der Waals surface area contributed by atoms with Crippen molar-refractivity contribution in [3.05, 3.63) is 39.4 Å². The van der Waals surface area contributed by atoms with E-state index in [-0.39, 0.29) is 29.4 Å². The fraction of sp³-hybridized carbons (Fsp3) is 0.333. The van der Waals surface area contributed by atoms with Crippen LogP contribution in [0.25, 0.3) is 0 Å². The molecule has 0 amide bonds. The van der Waals surface area contributed by atoms with E-state index in [1.165, 1.54) is 0 Å². The van der Waals surface area contributed by atoms with Crippen molar-refractivity contribution in [1.82, 2.24) is 9.97 Å². The van der Waals surface area contributed by atoms with Gasteiger partial charge in [0, 0.05) is 23.9 Å². The molecule has 25 heavy (non-hydrogen) atoms. The molecule has 1 saturated heterocycles. The van der Waals surface area contributed by atoms with E-state index in [0.29, 0.717) is 17.3 Å². The number of hydrogen-bond acceptors (Lipinski definition) is 8. The lowest BCUT2D eigenvalue weighted by molar-refractivity contribution is -0.383. The second-order valence-corrected chi connectivity index (χ2v) is 5.97. The summed E-state index contributed by atoms with van der Waals surface area (Å²) in [5, 5.41) is 17.7. The first-order chi connectivity index (χ1) is 12.0. The molecule has 10 heteroatoms. The lowest BCUT2D eigenvalue weighted by atomic mass is 10.2. The van der Waals surface area contributed by atoms with Crippen LogP contribution in [0.3, 0.4) is 0 Å². The Hall–Kier alpha value is -2.65. The van der Waals surface area contributed by atoms with Crippen molar-refractivity contribution >= 4 is 40.6 Å². The van der Waals surface area contributed by atoms with E-state index in [2.05, 4.69) is 20.6 Å². The average molecular weight is 365 g/mol. The van der Waals surface area contributed by atoms with Gasteiger partial charge in [-0.05, 0) is 31.0 Å². The third-order valence-electron chi connectivity index (χ3n) is 3.69. The van der Waals surface area contributed by atoms with E-state index >= 15 is 0 Å². The third-order valence-corrected chi connectivity index (χ3v) is 3.93. The van der Waals surface area contributed by atoms with Gasteiger partial charge in [0.1, 0.15) is 0 Å². The molecule has 1 aromatic carbocycles. The lowest BCUT2D eigenvalue weighted by Gasteiger charge is -2.13. The molecule has 9 nitrogen and oxygen atoms in total. The monoisotopic (exact) mass is 364 g/mol. The molecule has 1 aliphatic rings. The van der Waals surface area contributed by atoms with Crippen LogP contribution in [0, 0.1) is 10.1 Å². The van der Waals surface area contributed by atoms with Crippen molar-refractivity contribution in [3.8, 4) is 0 Å². The number of ether oxygens (including phenoxy) is 1. The zero-order valence-corrected chi connectivity index (χ0v) is 14.0. The normalized spacial score (nSPS) is 16.6. The molecule has 1 aliphatic heterocycles. The molecule has 3 rings (SSSR count). The Balaban J connectivity index is 1.86. The highest BCUT2D eigenvalue weighted by Gasteiger charge is 2.24. The Kier molecular flexibility index (Phi) is 5.15. The van der Waals surface area contributed by atoms with Gasteiger partial charge in [0.15, 0.2) is 0 Å². The molecule has 132 valence electrons. The summed E-state index contributed by atoms with van der Waals surface area (Å²) < 4.78 is 5.52. The van der Waals surface area contributed by atoms with Gasteiger partial charge in [-0.1, -0.05) is 17.7 Å². The maximum atomic E-state index is 11.3. The second kappa shape index (κ2) is 7.49. The summed E-state index contributed by atoms with van der Waals surface area (Å²) >= 11 is 5.94. The summed E-state index contributed by atoms with van der Waals surface area (Å²) in [6.07, 6.45) is 2.03. The Labute approximate surface area is 148 Å². The molecular formula is C15H17ClN6O3. The van der Waals surface area contributed by atoms with Gasteiger partial charge < -0.3 is 21.1 Å². The molecule has 0 unspecified atom stereocenters. The molecule has 1 atom stereocenters. The van der Waals surface area contributed by atoms with Crippen molar-refractivity contribution < 1.29 is 9.66 Å². The summed E-state index contributed by atoms with van der Waals surface area (Å²) in [7, 11) is 0. The number of aromatic nitrogens is 2. The summed E-state index contributed by atoms with van der Waals surface area (Å²) in [5.74, 6) is -0.0305. The number of nitrogen functional groups attached to an aromatic ring is 1.